The molecule has 2 nitrogen and oxygen atoms in total. The van der Waals surface area contributed by atoms with Crippen molar-refractivity contribution in [2.75, 3.05) is 27.2 Å². The molecule has 0 bridgehead atoms. The predicted octanol–water partition coefficient (Wildman–Crippen LogP) is 2.25. The van der Waals surface area contributed by atoms with Crippen molar-refractivity contribution in [1.82, 2.24) is 10.2 Å². The van der Waals surface area contributed by atoms with Crippen LogP contribution in [-0.2, 0) is 0 Å². The largest absolute Gasteiger partial charge is 0.317 e. The van der Waals surface area contributed by atoms with Crippen LogP contribution >= 0.6 is 0 Å². The lowest BCUT2D eigenvalue weighted by Crippen LogP contribution is -2.56. The van der Waals surface area contributed by atoms with E-state index in [2.05, 4.69) is 24.3 Å². The highest BCUT2D eigenvalue weighted by atomic mass is 15.2. The normalized spacial score (nSPS) is 28.2. The van der Waals surface area contributed by atoms with E-state index in [9.17, 15) is 0 Å². The van der Waals surface area contributed by atoms with E-state index in [1.807, 2.05) is 0 Å². The SMILES string of the molecule is CN(C)C1(C2CCCCC2)CCNCC1. The molecule has 2 fully saturated rings. The molecule has 0 amide bonds. The summed E-state index contributed by atoms with van der Waals surface area (Å²) in [5.74, 6) is 0.961. The van der Waals surface area contributed by atoms with Gasteiger partial charge in [0.2, 0.25) is 0 Å². The smallest absolute Gasteiger partial charge is 0.0255 e. The van der Waals surface area contributed by atoms with Gasteiger partial charge in [0.05, 0.1) is 0 Å². The van der Waals surface area contributed by atoms with Gasteiger partial charge < -0.3 is 10.2 Å². The van der Waals surface area contributed by atoms with Gasteiger partial charge in [-0.1, -0.05) is 19.3 Å². The topological polar surface area (TPSA) is 15.3 Å². The molecule has 0 spiro atoms. The van der Waals surface area contributed by atoms with Crippen molar-refractivity contribution < 1.29 is 0 Å². The Hall–Kier alpha value is -0.0800. The molecule has 1 N–H and O–H groups in total. The Labute approximate surface area is 94.4 Å². The Balaban J connectivity index is 2.09. The van der Waals surface area contributed by atoms with E-state index in [1.54, 1.807) is 0 Å². The van der Waals surface area contributed by atoms with Crippen LogP contribution in [0, 0.1) is 5.92 Å². The second-order valence-corrected chi connectivity index (χ2v) is 5.58. The van der Waals surface area contributed by atoms with Gasteiger partial charge in [-0.25, -0.2) is 0 Å². The van der Waals surface area contributed by atoms with Gasteiger partial charge in [0, 0.05) is 5.54 Å². The maximum atomic E-state index is 3.51. The monoisotopic (exact) mass is 210 g/mol. The Morgan fingerprint density at radius 2 is 1.60 bits per heavy atom. The number of nitrogens with one attached hydrogen (secondary N) is 1. The lowest BCUT2D eigenvalue weighted by atomic mass is 9.69. The third-order valence-corrected chi connectivity index (χ3v) is 4.73. The van der Waals surface area contributed by atoms with Crippen molar-refractivity contribution in [2.24, 2.45) is 5.92 Å². The number of hydrogen-bond donors (Lipinski definition) is 1. The molecule has 0 unspecified atom stereocenters. The summed E-state index contributed by atoms with van der Waals surface area (Å²) in [4.78, 5) is 2.53. The molecule has 0 atom stereocenters. The molecule has 1 aliphatic carbocycles. The third kappa shape index (κ3) is 2.21. The fourth-order valence-electron chi connectivity index (χ4n) is 3.72. The number of piperidine rings is 1. The van der Waals surface area contributed by atoms with Crippen LogP contribution in [0.15, 0.2) is 0 Å². The van der Waals surface area contributed by atoms with Crippen LogP contribution in [0.1, 0.15) is 44.9 Å². The van der Waals surface area contributed by atoms with Gasteiger partial charge in [-0.05, 0) is 58.8 Å². The van der Waals surface area contributed by atoms with Crippen LogP contribution in [0.5, 0.6) is 0 Å². The molecular weight excluding hydrogens is 184 g/mol. The van der Waals surface area contributed by atoms with E-state index in [1.165, 1.54) is 58.0 Å². The van der Waals surface area contributed by atoms with Crippen LogP contribution in [0.25, 0.3) is 0 Å². The van der Waals surface area contributed by atoms with E-state index < -0.39 is 0 Å². The van der Waals surface area contributed by atoms with Gasteiger partial charge in [0.25, 0.3) is 0 Å². The highest BCUT2D eigenvalue weighted by molar-refractivity contribution is 4.98. The molecule has 0 radical (unpaired) electrons. The van der Waals surface area contributed by atoms with E-state index in [0.717, 1.165) is 5.92 Å². The fourth-order valence-corrected chi connectivity index (χ4v) is 3.72. The van der Waals surface area contributed by atoms with E-state index in [4.69, 9.17) is 0 Å². The van der Waals surface area contributed by atoms with Crippen LogP contribution < -0.4 is 5.32 Å². The summed E-state index contributed by atoms with van der Waals surface area (Å²) in [6.45, 7) is 2.43. The maximum absolute atomic E-state index is 3.51. The number of rotatable bonds is 2. The van der Waals surface area contributed by atoms with Gasteiger partial charge >= 0.3 is 0 Å². The minimum absolute atomic E-state index is 0.520. The van der Waals surface area contributed by atoms with Crippen LogP contribution in [0.2, 0.25) is 0 Å². The average Bonchev–Trinajstić information content (AvgIpc) is 2.31. The summed E-state index contributed by atoms with van der Waals surface area (Å²) in [6.07, 6.45) is 10.0. The molecular formula is C13H26N2. The zero-order valence-corrected chi connectivity index (χ0v) is 10.4. The highest BCUT2D eigenvalue weighted by Gasteiger charge is 2.41. The Bertz CT molecular complexity index is 189. The number of hydrogen-bond acceptors (Lipinski definition) is 2. The zero-order valence-electron chi connectivity index (χ0n) is 10.4. The van der Waals surface area contributed by atoms with Gasteiger partial charge in [-0.3, -0.25) is 0 Å². The third-order valence-electron chi connectivity index (χ3n) is 4.73. The minimum atomic E-state index is 0.520. The molecule has 0 aromatic rings. The van der Waals surface area contributed by atoms with Crippen molar-refractivity contribution in [1.29, 1.82) is 0 Å². The molecule has 2 rings (SSSR count). The zero-order chi connectivity index (χ0) is 10.7. The first-order chi connectivity index (χ1) is 7.26. The van der Waals surface area contributed by atoms with Crippen molar-refractivity contribution >= 4 is 0 Å². The van der Waals surface area contributed by atoms with Crippen molar-refractivity contribution in [3.8, 4) is 0 Å². The van der Waals surface area contributed by atoms with Crippen LogP contribution in [0.3, 0.4) is 0 Å². The van der Waals surface area contributed by atoms with Crippen molar-refractivity contribution in [2.45, 2.75) is 50.5 Å². The van der Waals surface area contributed by atoms with Crippen molar-refractivity contribution in [3.05, 3.63) is 0 Å². The number of nitrogens with zero attached hydrogens (tertiary/aromatic N) is 1. The first-order valence-corrected chi connectivity index (χ1v) is 6.64. The molecule has 2 aliphatic rings. The van der Waals surface area contributed by atoms with Crippen molar-refractivity contribution in [3.63, 3.8) is 0 Å². The summed E-state index contributed by atoms with van der Waals surface area (Å²) in [6, 6.07) is 0. The predicted molar refractivity (Wildman–Crippen MR) is 65.1 cm³/mol. The summed E-state index contributed by atoms with van der Waals surface area (Å²) >= 11 is 0. The Morgan fingerprint density at radius 1 is 1.00 bits per heavy atom. The second kappa shape index (κ2) is 4.84. The standard InChI is InChI=1S/C13H26N2/c1-15(2)13(8-10-14-11-9-13)12-6-4-3-5-7-12/h12,14H,3-11H2,1-2H3. The van der Waals surface area contributed by atoms with Gasteiger partial charge in [-0.15, -0.1) is 0 Å². The first-order valence-electron chi connectivity index (χ1n) is 6.64. The summed E-state index contributed by atoms with van der Waals surface area (Å²) < 4.78 is 0. The molecule has 0 aromatic carbocycles. The quantitative estimate of drug-likeness (QED) is 0.752. The summed E-state index contributed by atoms with van der Waals surface area (Å²) in [5.41, 5.74) is 0.520. The maximum Gasteiger partial charge on any atom is 0.0255 e. The van der Waals surface area contributed by atoms with E-state index in [0.29, 0.717) is 5.54 Å². The van der Waals surface area contributed by atoms with Gasteiger partial charge in [0.15, 0.2) is 0 Å². The van der Waals surface area contributed by atoms with Gasteiger partial charge in [-0.2, -0.15) is 0 Å². The molecule has 2 heteroatoms. The Morgan fingerprint density at radius 3 is 2.13 bits per heavy atom. The summed E-state index contributed by atoms with van der Waals surface area (Å²) in [5, 5.41) is 3.51. The molecule has 1 aliphatic heterocycles. The molecule has 1 saturated carbocycles. The fraction of sp³-hybridized carbons (Fsp3) is 1.00. The Kier molecular flexibility index (Phi) is 3.68. The first kappa shape index (κ1) is 11.4. The molecule has 88 valence electrons. The van der Waals surface area contributed by atoms with E-state index in [-0.39, 0.29) is 0 Å². The molecule has 0 aromatic heterocycles. The van der Waals surface area contributed by atoms with E-state index >= 15 is 0 Å². The molecule has 15 heavy (non-hydrogen) atoms. The summed E-state index contributed by atoms with van der Waals surface area (Å²) in [7, 11) is 4.58. The lowest BCUT2D eigenvalue weighted by molar-refractivity contribution is 0.0253. The lowest BCUT2D eigenvalue weighted by Gasteiger charge is -2.50. The minimum Gasteiger partial charge on any atom is -0.317 e. The van der Waals surface area contributed by atoms with Gasteiger partial charge in [0.1, 0.15) is 0 Å². The second-order valence-electron chi connectivity index (χ2n) is 5.58. The highest BCUT2D eigenvalue weighted by Crippen LogP contribution is 2.40. The average molecular weight is 210 g/mol. The molecule has 1 saturated heterocycles. The van der Waals surface area contributed by atoms with Crippen LogP contribution in [-0.4, -0.2) is 37.6 Å². The molecule has 1 heterocycles. The van der Waals surface area contributed by atoms with Crippen LogP contribution in [0.4, 0.5) is 0 Å².